The van der Waals surface area contributed by atoms with Crippen LogP contribution in [0.5, 0.6) is 0 Å². The molecule has 0 radical (unpaired) electrons. The van der Waals surface area contributed by atoms with E-state index in [4.69, 9.17) is 4.52 Å². The zero-order chi connectivity index (χ0) is 13.4. The Morgan fingerprint density at radius 2 is 2.21 bits per heavy atom. The summed E-state index contributed by atoms with van der Waals surface area (Å²) >= 11 is 0. The summed E-state index contributed by atoms with van der Waals surface area (Å²) in [6.07, 6.45) is 4.82. The second kappa shape index (κ2) is 4.96. The van der Waals surface area contributed by atoms with Crippen LogP contribution in [0.25, 0.3) is 0 Å². The average molecular weight is 263 g/mol. The highest BCUT2D eigenvalue weighted by Gasteiger charge is 2.33. The van der Waals surface area contributed by atoms with E-state index in [0.717, 1.165) is 50.1 Å². The number of carbonyl (C=O) groups excluding carboxylic acids is 1. The molecule has 3 rings (SSSR count). The van der Waals surface area contributed by atoms with E-state index < -0.39 is 0 Å². The van der Waals surface area contributed by atoms with Crippen LogP contribution in [-0.4, -0.2) is 36.1 Å². The van der Waals surface area contributed by atoms with Gasteiger partial charge in [0.2, 0.25) is 5.91 Å². The lowest BCUT2D eigenvalue weighted by molar-refractivity contribution is -0.123. The number of hydrogen-bond donors (Lipinski definition) is 1. The van der Waals surface area contributed by atoms with Gasteiger partial charge < -0.3 is 14.7 Å². The second-order valence-corrected chi connectivity index (χ2v) is 5.99. The van der Waals surface area contributed by atoms with Gasteiger partial charge in [-0.25, -0.2) is 0 Å². The van der Waals surface area contributed by atoms with Gasteiger partial charge in [-0.1, -0.05) is 5.16 Å². The quantitative estimate of drug-likeness (QED) is 0.884. The zero-order valence-electron chi connectivity index (χ0n) is 11.6. The summed E-state index contributed by atoms with van der Waals surface area (Å²) < 4.78 is 5.41. The number of carbonyl (C=O) groups is 1. The van der Waals surface area contributed by atoms with Gasteiger partial charge in [0, 0.05) is 30.5 Å². The zero-order valence-corrected chi connectivity index (χ0v) is 11.6. The summed E-state index contributed by atoms with van der Waals surface area (Å²) in [7, 11) is 4.05. The summed E-state index contributed by atoms with van der Waals surface area (Å²) in [6.45, 7) is 0.794. The number of fused-ring (bicyclic) bond motifs is 1. The summed E-state index contributed by atoms with van der Waals surface area (Å²) in [6, 6.07) is 0.251. The molecule has 0 spiro atoms. The van der Waals surface area contributed by atoms with Crippen LogP contribution in [0, 0.1) is 5.92 Å². The first-order valence-electron chi connectivity index (χ1n) is 7.05. The van der Waals surface area contributed by atoms with Crippen LogP contribution in [0.15, 0.2) is 4.52 Å². The maximum atomic E-state index is 11.8. The SMILES string of the molecule is CN(C)Cc1noc2c1CC(NC(=O)C1CC1)CC2. The van der Waals surface area contributed by atoms with Crippen LogP contribution >= 0.6 is 0 Å². The fourth-order valence-corrected chi connectivity index (χ4v) is 2.67. The minimum atomic E-state index is 0.235. The molecule has 1 aromatic heterocycles. The van der Waals surface area contributed by atoms with Gasteiger partial charge in [-0.2, -0.15) is 0 Å². The van der Waals surface area contributed by atoms with Crippen molar-refractivity contribution in [1.82, 2.24) is 15.4 Å². The molecule has 1 heterocycles. The summed E-state index contributed by atoms with van der Waals surface area (Å²) in [5, 5.41) is 7.34. The summed E-state index contributed by atoms with van der Waals surface area (Å²) in [5.41, 5.74) is 2.23. The lowest BCUT2D eigenvalue weighted by Crippen LogP contribution is -2.39. The Labute approximate surface area is 113 Å². The van der Waals surface area contributed by atoms with Gasteiger partial charge in [-0.05, 0) is 39.8 Å². The lowest BCUT2D eigenvalue weighted by atomic mass is 9.92. The fourth-order valence-electron chi connectivity index (χ4n) is 2.67. The molecular weight excluding hydrogens is 242 g/mol. The van der Waals surface area contributed by atoms with E-state index in [0.29, 0.717) is 0 Å². The molecule has 0 saturated heterocycles. The maximum absolute atomic E-state index is 11.8. The number of nitrogens with zero attached hydrogens (tertiary/aromatic N) is 2. The van der Waals surface area contributed by atoms with Crippen molar-refractivity contribution in [2.75, 3.05) is 14.1 Å². The predicted molar refractivity (Wildman–Crippen MR) is 70.6 cm³/mol. The van der Waals surface area contributed by atoms with Gasteiger partial charge >= 0.3 is 0 Å². The minimum Gasteiger partial charge on any atom is -0.361 e. The van der Waals surface area contributed by atoms with Crippen molar-refractivity contribution in [2.45, 2.75) is 44.7 Å². The summed E-state index contributed by atoms with van der Waals surface area (Å²) in [4.78, 5) is 13.9. The fraction of sp³-hybridized carbons (Fsp3) is 0.714. The van der Waals surface area contributed by atoms with E-state index in [-0.39, 0.29) is 17.9 Å². The van der Waals surface area contributed by atoms with Crippen LogP contribution in [0.4, 0.5) is 0 Å². The Kier molecular flexibility index (Phi) is 3.31. The molecule has 19 heavy (non-hydrogen) atoms. The number of nitrogens with one attached hydrogen (secondary N) is 1. The highest BCUT2D eigenvalue weighted by molar-refractivity contribution is 5.81. The smallest absolute Gasteiger partial charge is 0.223 e. The molecule has 1 amide bonds. The van der Waals surface area contributed by atoms with Crippen LogP contribution in [0.3, 0.4) is 0 Å². The van der Waals surface area contributed by atoms with Crippen molar-refractivity contribution < 1.29 is 9.32 Å². The third kappa shape index (κ3) is 2.81. The van der Waals surface area contributed by atoms with Crippen molar-refractivity contribution in [2.24, 2.45) is 5.92 Å². The Balaban J connectivity index is 1.67. The van der Waals surface area contributed by atoms with Gasteiger partial charge in [0.15, 0.2) is 0 Å². The van der Waals surface area contributed by atoms with Gasteiger partial charge in [0.25, 0.3) is 0 Å². The molecule has 0 aromatic carbocycles. The van der Waals surface area contributed by atoms with Gasteiger partial charge in [-0.3, -0.25) is 4.79 Å². The van der Waals surface area contributed by atoms with E-state index >= 15 is 0 Å². The van der Waals surface area contributed by atoms with E-state index in [1.54, 1.807) is 0 Å². The molecule has 104 valence electrons. The van der Waals surface area contributed by atoms with E-state index in [9.17, 15) is 4.79 Å². The molecular formula is C14H21N3O2. The highest BCUT2D eigenvalue weighted by Crippen LogP contribution is 2.30. The highest BCUT2D eigenvalue weighted by atomic mass is 16.5. The topological polar surface area (TPSA) is 58.4 Å². The first-order valence-corrected chi connectivity index (χ1v) is 7.05. The van der Waals surface area contributed by atoms with E-state index in [2.05, 4.69) is 15.4 Å². The van der Waals surface area contributed by atoms with Crippen LogP contribution < -0.4 is 5.32 Å². The molecule has 5 heteroatoms. The Morgan fingerprint density at radius 3 is 2.89 bits per heavy atom. The molecule has 0 aliphatic heterocycles. The number of rotatable bonds is 4. The molecule has 1 unspecified atom stereocenters. The third-order valence-corrected chi connectivity index (χ3v) is 3.88. The van der Waals surface area contributed by atoms with Crippen LogP contribution in [0.1, 0.15) is 36.3 Å². The van der Waals surface area contributed by atoms with Gasteiger partial charge in [0.1, 0.15) is 11.5 Å². The number of hydrogen-bond acceptors (Lipinski definition) is 4. The van der Waals surface area contributed by atoms with Crippen molar-refractivity contribution in [3.63, 3.8) is 0 Å². The first-order chi connectivity index (χ1) is 9.13. The van der Waals surface area contributed by atoms with Crippen molar-refractivity contribution >= 4 is 5.91 Å². The number of aryl methyl sites for hydroxylation is 1. The Hall–Kier alpha value is -1.36. The largest absolute Gasteiger partial charge is 0.361 e. The molecule has 1 aromatic rings. The third-order valence-electron chi connectivity index (χ3n) is 3.88. The monoisotopic (exact) mass is 263 g/mol. The maximum Gasteiger partial charge on any atom is 0.223 e. The molecule has 1 saturated carbocycles. The van der Waals surface area contributed by atoms with Crippen LogP contribution in [0.2, 0.25) is 0 Å². The lowest BCUT2D eigenvalue weighted by Gasteiger charge is -2.23. The molecule has 1 fully saturated rings. The predicted octanol–water partition coefficient (Wildman–Crippen LogP) is 1.12. The Morgan fingerprint density at radius 1 is 1.42 bits per heavy atom. The van der Waals surface area contributed by atoms with E-state index in [1.807, 2.05) is 14.1 Å². The first kappa shape index (κ1) is 12.7. The normalized spacial score (nSPS) is 22.4. The number of aromatic nitrogens is 1. The Bertz CT molecular complexity index is 477. The number of amides is 1. The standard InChI is InChI=1S/C14H21N3O2/c1-17(2)8-12-11-7-10(5-6-13(11)19-16-12)15-14(18)9-3-4-9/h9-10H,3-8H2,1-2H3,(H,15,18). The van der Waals surface area contributed by atoms with Crippen LogP contribution in [-0.2, 0) is 24.2 Å². The van der Waals surface area contributed by atoms with Crippen molar-refractivity contribution in [3.8, 4) is 0 Å². The molecule has 0 bridgehead atoms. The minimum absolute atomic E-state index is 0.235. The van der Waals surface area contributed by atoms with Gasteiger partial charge in [-0.15, -0.1) is 0 Å². The average Bonchev–Trinajstić information content (AvgIpc) is 3.14. The second-order valence-electron chi connectivity index (χ2n) is 5.99. The van der Waals surface area contributed by atoms with E-state index in [1.165, 1.54) is 5.56 Å². The molecule has 2 aliphatic carbocycles. The summed E-state index contributed by atoms with van der Waals surface area (Å²) in [5.74, 6) is 1.53. The molecule has 2 aliphatic rings. The molecule has 1 atom stereocenters. The van der Waals surface area contributed by atoms with Gasteiger partial charge in [0.05, 0.1) is 0 Å². The molecule has 5 nitrogen and oxygen atoms in total. The van der Waals surface area contributed by atoms with Crippen molar-refractivity contribution in [3.05, 3.63) is 17.0 Å². The van der Waals surface area contributed by atoms with Crippen molar-refractivity contribution in [1.29, 1.82) is 0 Å². The molecule has 1 N–H and O–H groups in total.